The van der Waals surface area contributed by atoms with Crippen LogP contribution in [0.2, 0.25) is 0 Å². The molecule has 0 bridgehead atoms. The van der Waals surface area contributed by atoms with Crippen molar-refractivity contribution in [3.63, 3.8) is 0 Å². The van der Waals surface area contributed by atoms with Gasteiger partial charge in [0.05, 0.1) is 16.8 Å². The van der Waals surface area contributed by atoms with E-state index in [2.05, 4.69) is 25.0 Å². The van der Waals surface area contributed by atoms with Gasteiger partial charge in [-0.05, 0) is 58.5 Å². The number of aromatic nitrogens is 4. The van der Waals surface area contributed by atoms with E-state index in [1.54, 1.807) is 18.4 Å². The Kier molecular flexibility index (Phi) is 6.29. The number of hydrogen-bond donors (Lipinski definition) is 2. The second-order valence-corrected chi connectivity index (χ2v) is 9.30. The molecule has 2 aromatic heterocycles. The predicted octanol–water partition coefficient (Wildman–Crippen LogP) is 4.21. The van der Waals surface area contributed by atoms with Gasteiger partial charge >= 0.3 is 6.18 Å². The van der Waals surface area contributed by atoms with Crippen molar-refractivity contribution in [3.8, 4) is 11.4 Å². The second kappa shape index (κ2) is 8.51. The Morgan fingerprint density at radius 2 is 1.78 bits per heavy atom. The largest absolute Gasteiger partial charge is 0.420 e. The molecule has 0 atom stereocenters. The summed E-state index contributed by atoms with van der Waals surface area (Å²) in [6.07, 6.45) is -2.57. The van der Waals surface area contributed by atoms with Gasteiger partial charge in [-0.15, -0.1) is 0 Å². The van der Waals surface area contributed by atoms with Gasteiger partial charge in [0, 0.05) is 17.9 Å². The smallest absolute Gasteiger partial charge is 0.324 e. The van der Waals surface area contributed by atoms with Crippen LogP contribution in [-0.2, 0) is 16.2 Å². The van der Waals surface area contributed by atoms with Crippen LogP contribution in [0.25, 0.3) is 11.4 Å². The summed E-state index contributed by atoms with van der Waals surface area (Å²) in [5.41, 5.74) is -0.0374. The number of sulfonamides is 1. The molecule has 0 saturated heterocycles. The Morgan fingerprint density at radius 3 is 2.34 bits per heavy atom. The molecule has 0 unspecified atom stereocenters. The molecule has 1 aromatic carbocycles. The normalized spacial score (nSPS) is 12.4. The molecule has 3 rings (SSSR count). The van der Waals surface area contributed by atoms with Crippen LogP contribution < -0.4 is 10.0 Å². The topological polar surface area (TPSA) is 102 Å². The maximum Gasteiger partial charge on any atom is 0.420 e. The SMILES string of the molecule is CNS(=O)(=O)c1ccc(Nc2ncc(C(F)(F)F)c(-c3cnc(C)n3C(C)C)n2)c(C)c1. The zero-order valence-electron chi connectivity index (χ0n) is 18.1. The van der Waals surface area contributed by atoms with Crippen LogP contribution in [0.1, 0.15) is 36.8 Å². The molecular formula is C20H23F3N6O2S. The number of hydrogen-bond acceptors (Lipinski definition) is 6. The zero-order chi connectivity index (χ0) is 23.8. The molecule has 2 heterocycles. The van der Waals surface area contributed by atoms with Crippen molar-refractivity contribution in [1.82, 2.24) is 24.2 Å². The van der Waals surface area contributed by atoms with Crippen molar-refractivity contribution in [1.29, 1.82) is 0 Å². The Bertz CT molecular complexity index is 1250. The van der Waals surface area contributed by atoms with Gasteiger partial charge in [0.25, 0.3) is 0 Å². The van der Waals surface area contributed by atoms with Gasteiger partial charge in [-0.25, -0.2) is 28.1 Å². The molecule has 0 spiro atoms. The van der Waals surface area contributed by atoms with E-state index < -0.39 is 21.8 Å². The standard InChI is InChI=1S/C20H23F3N6O2S/c1-11(2)29-13(4)25-10-17(29)18-15(20(21,22)23)9-26-19(28-18)27-16-7-6-14(8-12(16)3)32(30,31)24-5/h6-11,24H,1-5H3,(H,26,27,28). The zero-order valence-corrected chi connectivity index (χ0v) is 18.9. The van der Waals surface area contributed by atoms with E-state index in [1.807, 2.05) is 13.8 Å². The quantitative estimate of drug-likeness (QED) is 0.562. The molecule has 0 saturated carbocycles. The maximum absolute atomic E-state index is 13.7. The first-order valence-electron chi connectivity index (χ1n) is 9.64. The van der Waals surface area contributed by atoms with Crippen molar-refractivity contribution < 1.29 is 21.6 Å². The lowest BCUT2D eigenvalue weighted by molar-refractivity contribution is -0.137. The number of rotatable bonds is 6. The van der Waals surface area contributed by atoms with Crippen LogP contribution in [0.4, 0.5) is 24.8 Å². The highest BCUT2D eigenvalue weighted by Gasteiger charge is 2.36. The third kappa shape index (κ3) is 4.60. The summed E-state index contributed by atoms with van der Waals surface area (Å²) in [5.74, 6) is 0.503. The first kappa shape index (κ1) is 23.7. The van der Waals surface area contributed by atoms with Gasteiger partial charge in [-0.3, -0.25) is 0 Å². The number of aryl methyl sites for hydroxylation is 2. The minimum Gasteiger partial charge on any atom is -0.324 e. The molecule has 12 heteroatoms. The molecule has 3 aromatic rings. The van der Waals surface area contributed by atoms with Gasteiger partial charge in [0.1, 0.15) is 17.1 Å². The fraction of sp³-hybridized carbons (Fsp3) is 0.350. The predicted molar refractivity (Wildman–Crippen MR) is 114 cm³/mol. The monoisotopic (exact) mass is 468 g/mol. The highest BCUT2D eigenvalue weighted by atomic mass is 32.2. The van der Waals surface area contributed by atoms with Gasteiger partial charge in [-0.1, -0.05) is 0 Å². The number of nitrogens with zero attached hydrogens (tertiary/aromatic N) is 4. The Morgan fingerprint density at radius 1 is 1.09 bits per heavy atom. The first-order chi connectivity index (χ1) is 14.8. The molecule has 0 radical (unpaired) electrons. The highest BCUT2D eigenvalue weighted by Crippen LogP contribution is 2.37. The Hall–Kier alpha value is -2.99. The third-order valence-electron chi connectivity index (χ3n) is 4.86. The van der Waals surface area contributed by atoms with Gasteiger partial charge in [-0.2, -0.15) is 13.2 Å². The molecule has 32 heavy (non-hydrogen) atoms. The number of nitrogens with one attached hydrogen (secondary N) is 2. The van der Waals surface area contributed by atoms with Crippen LogP contribution >= 0.6 is 0 Å². The van der Waals surface area contributed by atoms with Crippen molar-refractivity contribution in [2.24, 2.45) is 0 Å². The molecule has 172 valence electrons. The summed E-state index contributed by atoms with van der Waals surface area (Å²) in [5, 5.41) is 2.88. The van der Waals surface area contributed by atoms with E-state index in [0.29, 0.717) is 17.1 Å². The fourth-order valence-corrected chi connectivity index (χ4v) is 4.12. The lowest BCUT2D eigenvalue weighted by atomic mass is 10.1. The van der Waals surface area contributed by atoms with E-state index in [4.69, 9.17) is 0 Å². The van der Waals surface area contributed by atoms with Crippen LogP contribution in [-0.4, -0.2) is 35.0 Å². The van der Waals surface area contributed by atoms with Gasteiger partial charge in [0.15, 0.2) is 0 Å². The van der Waals surface area contributed by atoms with Crippen molar-refractivity contribution >= 4 is 21.7 Å². The summed E-state index contributed by atoms with van der Waals surface area (Å²) < 4.78 is 68.9. The molecule has 0 aliphatic carbocycles. The number of halogens is 3. The van der Waals surface area contributed by atoms with Crippen LogP contribution in [0, 0.1) is 13.8 Å². The lowest BCUT2D eigenvalue weighted by Crippen LogP contribution is -2.18. The minimum absolute atomic E-state index is 0.0607. The fourth-order valence-electron chi connectivity index (χ4n) is 3.31. The summed E-state index contributed by atoms with van der Waals surface area (Å²) in [6, 6.07) is 4.19. The molecule has 0 aliphatic rings. The first-order valence-corrected chi connectivity index (χ1v) is 11.1. The van der Waals surface area contributed by atoms with Crippen LogP contribution in [0.5, 0.6) is 0 Å². The summed E-state index contributed by atoms with van der Waals surface area (Å²) in [7, 11) is -2.33. The van der Waals surface area contributed by atoms with E-state index >= 15 is 0 Å². The Balaban J connectivity index is 2.08. The molecule has 0 aliphatic heterocycles. The van der Waals surface area contributed by atoms with Crippen LogP contribution in [0.3, 0.4) is 0 Å². The summed E-state index contributed by atoms with van der Waals surface area (Å²) in [4.78, 5) is 12.2. The van der Waals surface area contributed by atoms with E-state index in [1.165, 1.54) is 31.4 Å². The molecule has 0 amide bonds. The number of anilines is 2. The van der Waals surface area contributed by atoms with Crippen molar-refractivity contribution in [2.45, 2.75) is 44.8 Å². The van der Waals surface area contributed by atoms with Crippen molar-refractivity contribution in [2.75, 3.05) is 12.4 Å². The van der Waals surface area contributed by atoms with Crippen molar-refractivity contribution in [3.05, 3.63) is 47.5 Å². The molecule has 2 N–H and O–H groups in total. The number of alkyl halides is 3. The molecular weight excluding hydrogens is 445 g/mol. The van der Waals surface area contributed by atoms with Crippen LogP contribution in [0.15, 0.2) is 35.5 Å². The Labute approximate surface area is 184 Å². The highest BCUT2D eigenvalue weighted by molar-refractivity contribution is 7.89. The molecule has 8 nitrogen and oxygen atoms in total. The maximum atomic E-state index is 13.7. The minimum atomic E-state index is -4.66. The number of imidazole rings is 1. The molecule has 0 fully saturated rings. The summed E-state index contributed by atoms with van der Waals surface area (Å²) >= 11 is 0. The lowest BCUT2D eigenvalue weighted by Gasteiger charge is -2.18. The van der Waals surface area contributed by atoms with E-state index in [-0.39, 0.29) is 28.3 Å². The average Bonchev–Trinajstić information content (AvgIpc) is 3.10. The van der Waals surface area contributed by atoms with E-state index in [0.717, 1.165) is 6.20 Å². The van der Waals surface area contributed by atoms with E-state index in [9.17, 15) is 21.6 Å². The average molecular weight is 469 g/mol. The van der Waals surface area contributed by atoms with Gasteiger partial charge < -0.3 is 9.88 Å². The van der Waals surface area contributed by atoms with Gasteiger partial charge in [0.2, 0.25) is 16.0 Å². The second-order valence-electron chi connectivity index (χ2n) is 7.42. The number of benzene rings is 1. The third-order valence-corrected chi connectivity index (χ3v) is 6.27. The summed E-state index contributed by atoms with van der Waals surface area (Å²) in [6.45, 7) is 7.06.